The molecule has 0 bridgehead atoms. The molecule has 17 heavy (non-hydrogen) atoms. The third kappa shape index (κ3) is 4.97. The Hall–Kier alpha value is -2.10. The molecule has 0 aliphatic rings. The number of carboxylic acids is 1. The molecule has 0 atom stereocenters. The Morgan fingerprint density at radius 1 is 1.35 bits per heavy atom. The number of nitrogens with one attached hydrogen (secondary N) is 1. The van der Waals surface area contributed by atoms with E-state index in [9.17, 15) is 4.79 Å². The molecule has 0 unspecified atom stereocenters. The van der Waals surface area contributed by atoms with Gasteiger partial charge < -0.3 is 10.5 Å². The molecule has 90 valence electrons. The second-order valence-corrected chi connectivity index (χ2v) is 3.74. The highest BCUT2D eigenvalue weighted by Crippen LogP contribution is 2.04. The van der Waals surface area contributed by atoms with Crippen molar-refractivity contribution in [3.05, 3.63) is 41.5 Å². The van der Waals surface area contributed by atoms with E-state index in [1.165, 1.54) is 6.92 Å². The summed E-state index contributed by atoms with van der Waals surface area (Å²) in [6.07, 6.45) is 2.03. The van der Waals surface area contributed by atoms with Crippen LogP contribution in [0, 0.1) is 0 Å². The maximum atomic E-state index is 10.5. The molecule has 0 heterocycles. The quantitative estimate of drug-likeness (QED) is 0.604. The van der Waals surface area contributed by atoms with Gasteiger partial charge in [-0.05, 0) is 19.4 Å². The Morgan fingerprint density at radius 2 is 2.00 bits per heavy atom. The second kappa shape index (κ2) is 6.48. The van der Waals surface area contributed by atoms with Gasteiger partial charge in [0.1, 0.15) is 5.71 Å². The average molecular weight is 232 g/mol. The summed E-state index contributed by atoms with van der Waals surface area (Å²) in [5.74, 6) is -1.01. The molecule has 0 saturated carbocycles. The summed E-state index contributed by atoms with van der Waals surface area (Å²) in [7, 11) is 0. The maximum absolute atomic E-state index is 10.5. The molecule has 1 aromatic rings. The first-order valence-corrected chi connectivity index (χ1v) is 5.32. The summed E-state index contributed by atoms with van der Waals surface area (Å²) in [4.78, 5) is 10.5. The lowest BCUT2D eigenvalue weighted by Crippen LogP contribution is -2.16. The van der Waals surface area contributed by atoms with Crippen LogP contribution < -0.4 is 5.43 Å². The molecule has 1 aromatic carbocycles. The van der Waals surface area contributed by atoms with E-state index >= 15 is 0 Å². The van der Waals surface area contributed by atoms with Gasteiger partial charge in [0.25, 0.3) is 0 Å². The Balaban J connectivity index is 2.51. The lowest BCUT2D eigenvalue weighted by atomic mass is 10.1. The van der Waals surface area contributed by atoms with Crippen molar-refractivity contribution in [2.24, 2.45) is 5.10 Å². The van der Waals surface area contributed by atoms with E-state index < -0.39 is 5.97 Å². The number of benzene rings is 1. The number of carbonyl (C=O) groups is 1. The highest BCUT2D eigenvalue weighted by atomic mass is 16.4. The number of hydrogen-bond donors (Lipinski definition) is 2. The zero-order valence-electron chi connectivity index (χ0n) is 9.97. The molecule has 4 heteroatoms. The van der Waals surface area contributed by atoms with Gasteiger partial charge in [0.2, 0.25) is 0 Å². The van der Waals surface area contributed by atoms with E-state index in [4.69, 9.17) is 5.11 Å². The van der Waals surface area contributed by atoms with Crippen molar-refractivity contribution in [3.63, 3.8) is 0 Å². The van der Waals surface area contributed by atoms with Crippen LogP contribution in [0.1, 0.15) is 19.4 Å². The standard InChI is InChI=1S/C13H16N2O2/c1-10(8-12-6-4-3-5-7-12)9-14-15-11(2)13(16)17/h3-8,14H,9H2,1-2H3,(H,16,17)/b10-8+,15-11-. The fraction of sp³-hybridized carbons (Fsp3) is 0.231. The van der Waals surface area contributed by atoms with Crippen LogP contribution in [-0.4, -0.2) is 23.3 Å². The smallest absolute Gasteiger partial charge is 0.351 e. The van der Waals surface area contributed by atoms with Gasteiger partial charge >= 0.3 is 5.97 Å². The van der Waals surface area contributed by atoms with E-state index in [-0.39, 0.29) is 5.71 Å². The molecule has 2 N–H and O–H groups in total. The number of carboxylic acid groups (broad SMARTS) is 1. The zero-order valence-corrected chi connectivity index (χ0v) is 9.97. The van der Waals surface area contributed by atoms with Gasteiger partial charge in [-0.15, -0.1) is 0 Å². The molecule has 0 aromatic heterocycles. The first-order valence-electron chi connectivity index (χ1n) is 5.32. The van der Waals surface area contributed by atoms with E-state index in [0.717, 1.165) is 11.1 Å². The van der Waals surface area contributed by atoms with E-state index in [1.807, 2.05) is 43.3 Å². The largest absolute Gasteiger partial charge is 0.477 e. The van der Waals surface area contributed by atoms with Crippen molar-refractivity contribution in [2.45, 2.75) is 13.8 Å². The molecule has 0 aliphatic carbocycles. The molecule has 0 spiro atoms. The van der Waals surface area contributed by atoms with Crippen molar-refractivity contribution < 1.29 is 9.90 Å². The Kier molecular flexibility index (Phi) is 4.94. The molecule has 1 rings (SSSR count). The minimum Gasteiger partial charge on any atom is -0.477 e. The van der Waals surface area contributed by atoms with Gasteiger partial charge in [-0.3, -0.25) is 0 Å². The van der Waals surface area contributed by atoms with Gasteiger partial charge in [-0.1, -0.05) is 42.0 Å². The van der Waals surface area contributed by atoms with Crippen LogP contribution in [-0.2, 0) is 4.79 Å². The summed E-state index contributed by atoms with van der Waals surface area (Å²) in [5, 5.41) is 12.3. The normalized spacial score (nSPS) is 12.4. The number of hydrogen-bond acceptors (Lipinski definition) is 3. The molecule has 0 fully saturated rings. The molecule has 0 amide bonds. The highest BCUT2D eigenvalue weighted by molar-refractivity contribution is 6.34. The van der Waals surface area contributed by atoms with Crippen molar-refractivity contribution in [1.29, 1.82) is 0 Å². The van der Waals surface area contributed by atoms with E-state index in [0.29, 0.717) is 6.54 Å². The van der Waals surface area contributed by atoms with Crippen LogP contribution in [0.4, 0.5) is 0 Å². The van der Waals surface area contributed by atoms with Crippen molar-refractivity contribution in [2.75, 3.05) is 6.54 Å². The summed E-state index contributed by atoms with van der Waals surface area (Å²) >= 11 is 0. The number of hydrazone groups is 1. The van der Waals surface area contributed by atoms with Gasteiger partial charge in [0, 0.05) is 0 Å². The van der Waals surface area contributed by atoms with E-state index in [2.05, 4.69) is 10.5 Å². The van der Waals surface area contributed by atoms with Gasteiger partial charge in [0.05, 0.1) is 6.54 Å². The first kappa shape index (κ1) is 13.0. The molecular formula is C13H16N2O2. The zero-order chi connectivity index (χ0) is 12.7. The number of rotatable bonds is 5. The van der Waals surface area contributed by atoms with Crippen molar-refractivity contribution in [1.82, 2.24) is 5.43 Å². The third-order valence-electron chi connectivity index (χ3n) is 2.13. The number of aliphatic carboxylic acids is 1. The van der Waals surface area contributed by atoms with Crippen LogP contribution in [0.2, 0.25) is 0 Å². The van der Waals surface area contributed by atoms with Crippen LogP contribution >= 0.6 is 0 Å². The minimum absolute atomic E-state index is 0.0533. The predicted octanol–water partition coefficient (Wildman–Crippen LogP) is 2.14. The Bertz CT molecular complexity index is 436. The fourth-order valence-electron chi connectivity index (χ4n) is 1.22. The topological polar surface area (TPSA) is 61.7 Å². The monoisotopic (exact) mass is 232 g/mol. The van der Waals surface area contributed by atoms with Crippen LogP contribution in [0.25, 0.3) is 6.08 Å². The summed E-state index contributed by atoms with van der Waals surface area (Å²) in [5.41, 5.74) is 4.98. The number of nitrogens with zero attached hydrogens (tertiary/aromatic N) is 1. The van der Waals surface area contributed by atoms with Gasteiger partial charge in [0.15, 0.2) is 0 Å². The van der Waals surface area contributed by atoms with Crippen molar-refractivity contribution >= 4 is 17.8 Å². The molecule has 4 nitrogen and oxygen atoms in total. The highest BCUT2D eigenvalue weighted by Gasteiger charge is 1.99. The molecule has 0 saturated heterocycles. The third-order valence-corrected chi connectivity index (χ3v) is 2.13. The summed E-state index contributed by atoms with van der Waals surface area (Å²) < 4.78 is 0. The minimum atomic E-state index is -1.01. The fourth-order valence-corrected chi connectivity index (χ4v) is 1.22. The van der Waals surface area contributed by atoms with Crippen LogP contribution in [0.5, 0.6) is 0 Å². The second-order valence-electron chi connectivity index (χ2n) is 3.74. The summed E-state index contributed by atoms with van der Waals surface area (Å²) in [6, 6.07) is 9.93. The average Bonchev–Trinajstić information content (AvgIpc) is 2.30. The molecular weight excluding hydrogens is 216 g/mol. The maximum Gasteiger partial charge on any atom is 0.351 e. The lowest BCUT2D eigenvalue weighted by molar-refractivity contribution is -0.129. The first-order chi connectivity index (χ1) is 8.09. The van der Waals surface area contributed by atoms with E-state index in [1.54, 1.807) is 0 Å². The van der Waals surface area contributed by atoms with Crippen molar-refractivity contribution in [3.8, 4) is 0 Å². The molecule has 0 aliphatic heterocycles. The van der Waals surface area contributed by atoms with Crippen LogP contribution in [0.15, 0.2) is 41.0 Å². The Labute approximate surface area is 101 Å². The predicted molar refractivity (Wildman–Crippen MR) is 68.8 cm³/mol. The Morgan fingerprint density at radius 3 is 2.59 bits per heavy atom. The van der Waals surface area contributed by atoms with Gasteiger partial charge in [-0.2, -0.15) is 5.10 Å². The van der Waals surface area contributed by atoms with Crippen LogP contribution in [0.3, 0.4) is 0 Å². The SMILES string of the molecule is C/C(=N/NC/C(C)=C/c1ccccc1)C(=O)O. The lowest BCUT2D eigenvalue weighted by Gasteiger charge is -2.02. The molecule has 0 radical (unpaired) electrons. The summed E-state index contributed by atoms with van der Waals surface area (Å²) in [6.45, 7) is 3.94. The van der Waals surface area contributed by atoms with Gasteiger partial charge in [-0.25, -0.2) is 4.79 Å².